The highest BCUT2D eigenvalue weighted by atomic mass is 32.1. The van der Waals surface area contributed by atoms with E-state index in [-0.39, 0.29) is 43.0 Å². The van der Waals surface area contributed by atoms with Crippen LogP contribution in [0.3, 0.4) is 0 Å². The topological polar surface area (TPSA) is 154 Å². The fourth-order valence-electron chi connectivity index (χ4n) is 10.2. The van der Waals surface area contributed by atoms with Gasteiger partial charge in [-0.15, -0.1) is 11.3 Å². The van der Waals surface area contributed by atoms with Crippen LogP contribution in [0.4, 0.5) is 4.79 Å². The lowest BCUT2D eigenvalue weighted by molar-refractivity contribution is -0.155. The van der Waals surface area contributed by atoms with Crippen LogP contribution in [0.25, 0.3) is 33.4 Å². The van der Waals surface area contributed by atoms with E-state index in [2.05, 4.69) is 72.3 Å². The van der Waals surface area contributed by atoms with Gasteiger partial charge in [-0.1, -0.05) is 33.8 Å². The molecule has 64 heavy (non-hydrogen) atoms. The van der Waals surface area contributed by atoms with E-state index >= 15 is 0 Å². The second-order valence-corrected chi connectivity index (χ2v) is 20.3. The second-order valence-electron chi connectivity index (χ2n) is 19.4. The monoisotopic (exact) mass is 895 g/mol. The van der Waals surface area contributed by atoms with Crippen LogP contribution < -0.4 is 10.7 Å². The number of hydrogen-bond donors (Lipinski definition) is 2. The van der Waals surface area contributed by atoms with E-state index in [9.17, 15) is 19.2 Å². The number of likely N-dealkylation sites (N-methyl/N-ethyl adjacent to an activating group) is 2. The summed E-state index contributed by atoms with van der Waals surface area (Å²) in [5.74, 6) is -0.999. The van der Waals surface area contributed by atoms with Crippen molar-refractivity contribution in [3.05, 3.63) is 58.2 Å². The summed E-state index contributed by atoms with van der Waals surface area (Å²) < 4.78 is 14.3. The normalized spacial score (nSPS) is 23.8. The van der Waals surface area contributed by atoms with Gasteiger partial charge in [-0.25, -0.2) is 15.2 Å². The molecule has 4 aromatic rings. The maximum absolute atomic E-state index is 14.6. The van der Waals surface area contributed by atoms with Crippen molar-refractivity contribution in [3.8, 4) is 22.5 Å². The molecular formula is C48H65N9O6S. The molecule has 1 aromatic carbocycles. The number of likely N-dealkylation sites (tertiary alicyclic amines) is 2. The van der Waals surface area contributed by atoms with Gasteiger partial charge in [0.15, 0.2) is 0 Å². The van der Waals surface area contributed by atoms with Gasteiger partial charge in [-0.3, -0.25) is 24.4 Å². The second kappa shape index (κ2) is 18.5. The van der Waals surface area contributed by atoms with E-state index in [0.717, 1.165) is 64.2 Å². The number of nitrogens with one attached hydrogen (secondary N) is 2. The molecule has 2 N–H and O–H groups in total. The van der Waals surface area contributed by atoms with Crippen LogP contribution in [0.15, 0.2) is 41.9 Å². The molecule has 4 amide bonds. The van der Waals surface area contributed by atoms with Crippen molar-refractivity contribution >= 4 is 46.1 Å². The third kappa shape index (κ3) is 8.90. The van der Waals surface area contributed by atoms with Gasteiger partial charge in [0.1, 0.15) is 18.1 Å². The van der Waals surface area contributed by atoms with E-state index < -0.39 is 35.4 Å². The highest BCUT2D eigenvalue weighted by Crippen LogP contribution is 2.42. The van der Waals surface area contributed by atoms with Crippen LogP contribution in [0.5, 0.6) is 0 Å². The van der Waals surface area contributed by atoms with Crippen molar-refractivity contribution in [1.29, 1.82) is 0 Å². The molecule has 16 heteroatoms. The minimum atomic E-state index is -1.03. The Kier molecular flexibility index (Phi) is 13.2. The van der Waals surface area contributed by atoms with E-state index in [1.807, 2.05) is 37.1 Å². The fourth-order valence-corrected chi connectivity index (χ4v) is 11.1. The van der Waals surface area contributed by atoms with E-state index in [0.29, 0.717) is 49.8 Å². The van der Waals surface area contributed by atoms with E-state index in [1.54, 1.807) is 25.3 Å². The minimum absolute atomic E-state index is 0.118. The SMILES string of the molecule is CCn1c(-c2cccnc2[C@H](C)OC)c2c3cc(ccc31)-c1csc(n1)C[C@H](NC(=O)[C@H](C(C)C)N(C)C(=O)N1C[C@@H]3CCN(C)C[C@@H]31)C(=O)N1CCC[C@H](N1)C(=O)OCC(C)(C)C2. The number of piperidine rings is 1. The Labute approximate surface area is 380 Å². The van der Waals surface area contributed by atoms with Crippen LogP contribution in [0, 0.1) is 17.3 Å². The average Bonchev–Trinajstić information content (AvgIpc) is 3.87. The van der Waals surface area contributed by atoms with Crippen molar-refractivity contribution in [3.63, 3.8) is 0 Å². The number of ether oxygens (including phenoxy) is 2. The predicted octanol–water partition coefficient (Wildman–Crippen LogP) is 5.91. The zero-order valence-electron chi connectivity index (χ0n) is 38.8. The fraction of sp³-hybridized carbons (Fsp3) is 0.583. The molecule has 0 saturated carbocycles. The molecule has 3 fully saturated rings. The third-order valence-corrected chi connectivity index (χ3v) is 14.6. The Morgan fingerprint density at radius 3 is 2.67 bits per heavy atom. The highest BCUT2D eigenvalue weighted by Gasteiger charge is 2.47. The predicted molar refractivity (Wildman–Crippen MR) is 247 cm³/mol. The number of hydrogen-bond acceptors (Lipinski definition) is 11. The zero-order valence-corrected chi connectivity index (χ0v) is 39.7. The number of methoxy groups -OCH3 is 1. The van der Waals surface area contributed by atoms with E-state index in [4.69, 9.17) is 19.4 Å². The first kappa shape index (κ1) is 45.7. The Hall–Kier alpha value is -4.90. The largest absolute Gasteiger partial charge is 0.464 e. The van der Waals surface area contributed by atoms with Gasteiger partial charge >= 0.3 is 12.0 Å². The Bertz CT molecular complexity index is 2390. The smallest absolute Gasteiger partial charge is 0.324 e. The maximum atomic E-state index is 14.6. The lowest BCUT2D eigenvalue weighted by Crippen LogP contribution is -2.68. The molecule has 6 bridgehead atoms. The van der Waals surface area contributed by atoms with Gasteiger partial charge in [0, 0.05) is 85.8 Å². The molecule has 0 spiro atoms. The van der Waals surface area contributed by atoms with Crippen LogP contribution in [-0.4, -0.2) is 136 Å². The molecule has 0 aliphatic carbocycles. The number of aromatic nitrogens is 3. The molecule has 7 heterocycles. The number of rotatable bonds is 8. The molecule has 15 nitrogen and oxygen atoms in total. The first-order valence-corrected chi connectivity index (χ1v) is 23.8. The molecule has 3 aromatic heterocycles. The lowest BCUT2D eigenvalue weighted by Gasteiger charge is -2.54. The molecule has 8 rings (SSSR count). The van der Waals surface area contributed by atoms with Gasteiger partial charge in [0.05, 0.1) is 40.8 Å². The molecule has 3 saturated heterocycles. The van der Waals surface area contributed by atoms with Crippen molar-refractivity contribution < 1.29 is 28.7 Å². The Balaban J connectivity index is 1.16. The zero-order chi connectivity index (χ0) is 45.6. The third-order valence-electron chi connectivity index (χ3n) is 13.8. The average molecular weight is 896 g/mol. The number of aryl methyl sites for hydroxylation is 1. The molecule has 4 aliphatic rings. The van der Waals surface area contributed by atoms with Crippen molar-refractivity contribution in [2.24, 2.45) is 17.3 Å². The first-order valence-electron chi connectivity index (χ1n) is 22.9. The number of urea groups is 1. The quantitative estimate of drug-likeness (QED) is 0.204. The molecule has 0 radical (unpaired) electrons. The van der Waals surface area contributed by atoms with Crippen LogP contribution in [0.1, 0.15) is 83.2 Å². The van der Waals surface area contributed by atoms with Gasteiger partial charge < -0.3 is 34.1 Å². The summed E-state index contributed by atoms with van der Waals surface area (Å²) in [6.07, 6.45) is 4.38. The number of hydrazine groups is 1. The minimum Gasteiger partial charge on any atom is -0.464 e. The Morgan fingerprint density at radius 1 is 1.12 bits per heavy atom. The van der Waals surface area contributed by atoms with Crippen LogP contribution >= 0.6 is 11.3 Å². The number of pyridine rings is 1. The molecule has 0 unspecified atom stereocenters. The van der Waals surface area contributed by atoms with Crippen molar-refractivity contribution in [1.82, 2.24) is 45.0 Å². The Morgan fingerprint density at radius 2 is 1.92 bits per heavy atom. The lowest BCUT2D eigenvalue weighted by atomic mass is 9.82. The van der Waals surface area contributed by atoms with E-state index in [1.165, 1.54) is 16.3 Å². The van der Waals surface area contributed by atoms with Gasteiger partial charge in [-0.05, 0) is 94.8 Å². The molecular weight excluding hydrogens is 831 g/mol. The number of carbonyl (C=O) groups is 4. The van der Waals surface area contributed by atoms with Crippen LogP contribution in [0.2, 0.25) is 0 Å². The maximum Gasteiger partial charge on any atom is 0.324 e. The van der Waals surface area contributed by atoms with Crippen molar-refractivity contribution in [2.75, 3.05) is 54.0 Å². The highest BCUT2D eigenvalue weighted by molar-refractivity contribution is 7.10. The summed E-state index contributed by atoms with van der Waals surface area (Å²) in [4.78, 5) is 72.6. The standard InChI is InChI=1S/C48H65N9O6S/c1-10-55-38-16-15-30-21-33(38)34(43(55)32-13-11-18-49-41(32)29(4)62-9)23-48(5,6)27-63-46(60)35-14-12-19-57(52-35)45(59)36(22-40-50-37(30)26-64-40)51-44(58)42(28(2)3)54(8)47(61)56-24-31-17-20-53(7)25-39(31)56/h11,13,15-16,18,21,26,28-29,31,35-36,39,42,52H,10,12,14,17,19-20,22-25,27H2,1-9H3,(H,51,58)/t29-,31-,35-,36-,39-,42-/m0/s1. The number of thiazole rings is 1. The number of fused-ring (bicyclic) bond motifs is 7. The number of nitrogens with zero attached hydrogens (tertiary/aromatic N) is 7. The summed E-state index contributed by atoms with van der Waals surface area (Å²) in [6.45, 7) is 15.9. The molecule has 4 aliphatic heterocycles. The number of esters is 1. The van der Waals surface area contributed by atoms with Crippen LogP contribution in [-0.2, 0) is 43.2 Å². The number of cyclic esters (lactones) is 1. The van der Waals surface area contributed by atoms with Crippen molar-refractivity contribution in [2.45, 2.75) is 110 Å². The molecule has 6 atom stereocenters. The summed E-state index contributed by atoms with van der Waals surface area (Å²) in [5, 5.41) is 8.27. The van der Waals surface area contributed by atoms with Gasteiger partial charge in [-0.2, -0.15) is 0 Å². The number of amides is 4. The number of carbonyl (C=O) groups excluding carboxylic acids is 4. The summed E-state index contributed by atoms with van der Waals surface area (Å²) in [7, 11) is 5.45. The van der Waals surface area contributed by atoms with Gasteiger partial charge in [0.2, 0.25) is 5.91 Å². The molecule has 344 valence electrons. The first-order chi connectivity index (χ1) is 30.6. The summed E-state index contributed by atoms with van der Waals surface area (Å²) in [6, 6.07) is 7.81. The van der Waals surface area contributed by atoms with Gasteiger partial charge in [0.25, 0.3) is 5.91 Å². The number of benzene rings is 1. The summed E-state index contributed by atoms with van der Waals surface area (Å²) >= 11 is 1.44. The summed E-state index contributed by atoms with van der Waals surface area (Å²) in [5.41, 5.74) is 9.43.